The lowest BCUT2D eigenvalue weighted by Crippen LogP contribution is -2.15. The normalized spacial score (nSPS) is 11.2. The minimum Gasteiger partial charge on any atom is -0.497 e. The van der Waals surface area contributed by atoms with Gasteiger partial charge >= 0.3 is 11.6 Å². The van der Waals surface area contributed by atoms with Gasteiger partial charge in [0.2, 0.25) is 0 Å². The Bertz CT molecular complexity index is 747. The molecule has 0 amide bonds. The van der Waals surface area contributed by atoms with E-state index in [2.05, 4.69) is 0 Å². The summed E-state index contributed by atoms with van der Waals surface area (Å²) in [5, 5.41) is 0.890. The molecule has 132 valence electrons. The van der Waals surface area contributed by atoms with E-state index in [1.54, 1.807) is 32.0 Å². The van der Waals surface area contributed by atoms with Crippen molar-refractivity contribution >= 4 is 16.7 Å². The summed E-state index contributed by atoms with van der Waals surface area (Å²) in [6.45, 7) is 7.61. The second-order valence-corrected chi connectivity index (χ2v) is 4.70. The first-order valence-corrected chi connectivity index (χ1v) is 7.88. The molecule has 6 nitrogen and oxygen atoms in total. The van der Waals surface area contributed by atoms with Crippen LogP contribution in [0.15, 0.2) is 27.4 Å². The van der Waals surface area contributed by atoms with Crippen LogP contribution >= 0.6 is 0 Å². The molecule has 2 aromatic rings. The largest absolute Gasteiger partial charge is 0.497 e. The molecule has 1 atom stereocenters. The number of ether oxygens (including phenoxy) is 3. The molecule has 0 saturated heterocycles. The summed E-state index contributed by atoms with van der Waals surface area (Å²) in [6, 6.07) is 4.92. The van der Waals surface area contributed by atoms with Crippen LogP contribution < -0.4 is 15.1 Å². The van der Waals surface area contributed by atoms with Crippen molar-refractivity contribution in [2.45, 2.75) is 33.6 Å². The Morgan fingerprint density at radius 3 is 2.38 bits per heavy atom. The lowest BCUT2D eigenvalue weighted by Gasteiger charge is -2.12. The number of benzene rings is 1. The fourth-order valence-corrected chi connectivity index (χ4v) is 2.16. The molecular weight excluding hydrogens is 312 g/mol. The number of fused-ring (bicyclic) bond motifs is 1. The number of carbonyl (C=O) groups excluding carboxylic acids is 1. The zero-order chi connectivity index (χ0) is 18.3. The van der Waals surface area contributed by atoms with Crippen LogP contribution in [0.1, 0.15) is 39.4 Å². The second kappa shape index (κ2) is 8.96. The van der Waals surface area contributed by atoms with Gasteiger partial charge in [-0.2, -0.15) is 0 Å². The van der Waals surface area contributed by atoms with E-state index in [9.17, 15) is 9.59 Å². The van der Waals surface area contributed by atoms with Crippen LogP contribution in [0.5, 0.6) is 11.5 Å². The lowest BCUT2D eigenvalue weighted by molar-refractivity contribution is -0.144. The van der Waals surface area contributed by atoms with Gasteiger partial charge in [-0.1, -0.05) is 13.8 Å². The molecule has 2 rings (SSSR count). The van der Waals surface area contributed by atoms with Gasteiger partial charge in [-0.3, -0.25) is 4.79 Å². The maximum absolute atomic E-state index is 12.2. The van der Waals surface area contributed by atoms with Crippen molar-refractivity contribution in [3.05, 3.63) is 34.4 Å². The number of carbonyl (C=O) groups is 1. The van der Waals surface area contributed by atoms with Crippen LogP contribution in [-0.4, -0.2) is 26.8 Å². The molecule has 1 aromatic heterocycles. The molecule has 0 bridgehead atoms. The van der Waals surface area contributed by atoms with E-state index >= 15 is 0 Å². The maximum Gasteiger partial charge on any atom is 0.347 e. The van der Waals surface area contributed by atoms with Crippen molar-refractivity contribution in [1.29, 1.82) is 0 Å². The highest BCUT2D eigenvalue weighted by molar-refractivity contribution is 5.89. The highest BCUT2D eigenvalue weighted by atomic mass is 16.5. The molecule has 0 aliphatic rings. The lowest BCUT2D eigenvalue weighted by atomic mass is 10.1. The summed E-state index contributed by atoms with van der Waals surface area (Å²) in [5.41, 5.74) is -0.567. The summed E-state index contributed by atoms with van der Waals surface area (Å²) in [6.07, 6.45) is 0. The van der Waals surface area contributed by atoms with E-state index in [1.807, 2.05) is 13.8 Å². The van der Waals surface area contributed by atoms with Gasteiger partial charge in [-0.05, 0) is 31.4 Å². The molecule has 1 unspecified atom stereocenters. The van der Waals surface area contributed by atoms with Gasteiger partial charge in [0, 0.05) is 6.07 Å². The van der Waals surface area contributed by atoms with Gasteiger partial charge < -0.3 is 18.6 Å². The summed E-state index contributed by atoms with van der Waals surface area (Å²) < 4.78 is 20.6. The predicted octanol–water partition coefficient (Wildman–Crippen LogP) is 3.50. The van der Waals surface area contributed by atoms with Crippen LogP contribution in [0.2, 0.25) is 0 Å². The standard InChI is InChI=1S/C16H18O6.C2H6/c1-5-21-15(17)9(2)12-7-10-6-11(19-3)8-13(20-4)14(10)16(18)22-12;1-2/h6-9H,5H2,1-4H3;1-2H3. The van der Waals surface area contributed by atoms with E-state index in [1.165, 1.54) is 14.2 Å². The third kappa shape index (κ3) is 4.07. The molecule has 0 N–H and O–H groups in total. The number of methoxy groups -OCH3 is 2. The van der Waals surface area contributed by atoms with Crippen LogP contribution in [0.3, 0.4) is 0 Å². The number of esters is 1. The Morgan fingerprint density at radius 1 is 1.17 bits per heavy atom. The summed E-state index contributed by atoms with van der Waals surface area (Å²) in [4.78, 5) is 24.0. The molecule has 1 aromatic carbocycles. The molecule has 0 aliphatic carbocycles. The van der Waals surface area contributed by atoms with Crippen molar-refractivity contribution in [1.82, 2.24) is 0 Å². The molecule has 0 aliphatic heterocycles. The first-order valence-electron chi connectivity index (χ1n) is 7.88. The van der Waals surface area contributed by atoms with Gasteiger partial charge in [0.15, 0.2) is 0 Å². The van der Waals surface area contributed by atoms with E-state index in [-0.39, 0.29) is 12.4 Å². The Kier molecular flexibility index (Phi) is 7.30. The maximum atomic E-state index is 12.2. The Morgan fingerprint density at radius 2 is 1.83 bits per heavy atom. The molecule has 6 heteroatoms. The summed E-state index contributed by atoms with van der Waals surface area (Å²) in [7, 11) is 2.98. The van der Waals surface area contributed by atoms with E-state index in [0.29, 0.717) is 22.3 Å². The number of hydrogen-bond acceptors (Lipinski definition) is 6. The fourth-order valence-electron chi connectivity index (χ4n) is 2.16. The van der Waals surface area contributed by atoms with Gasteiger partial charge in [0.25, 0.3) is 0 Å². The first kappa shape index (κ1) is 19.5. The highest BCUT2D eigenvalue weighted by Crippen LogP contribution is 2.30. The summed E-state index contributed by atoms with van der Waals surface area (Å²) >= 11 is 0. The van der Waals surface area contributed by atoms with E-state index in [0.717, 1.165) is 0 Å². The van der Waals surface area contributed by atoms with E-state index < -0.39 is 17.5 Å². The van der Waals surface area contributed by atoms with E-state index in [4.69, 9.17) is 18.6 Å². The first-order chi connectivity index (χ1) is 11.5. The van der Waals surface area contributed by atoms with Crippen molar-refractivity contribution in [2.75, 3.05) is 20.8 Å². The molecule has 0 spiro atoms. The second-order valence-electron chi connectivity index (χ2n) is 4.70. The predicted molar refractivity (Wildman–Crippen MR) is 92.0 cm³/mol. The zero-order valence-electron chi connectivity index (χ0n) is 15.0. The van der Waals surface area contributed by atoms with Gasteiger partial charge in [0.05, 0.1) is 20.8 Å². The topological polar surface area (TPSA) is 75.0 Å². The van der Waals surface area contributed by atoms with Crippen LogP contribution in [0.25, 0.3) is 10.8 Å². The number of rotatable bonds is 5. The molecule has 0 fully saturated rings. The van der Waals surface area contributed by atoms with Crippen molar-refractivity contribution in [3.8, 4) is 11.5 Å². The molecular formula is C18H24O6. The fraction of sp³-hybridized carbons (Fsp3) is 0.444. The van der Waals surface area contributed by atoms with Crippen LogP contribution in [-0.2, 0) is 9.53 Å². The third-order valence-electron chi connectivity index (χ3n) is 3.34. The Hall–Kier alpha value is -2.50. The molecule has 24 heavy (non-hydrogen) atoms. The Labute approximate surface area is 141 Å². The number of hydrogen-bond donors (Lipinski definition) is 0. The van der Waals surface area contributed by atoms with Crippen molar-refractivity contribution in [2.24, 2.45) is 0 Å². The molecule has 1 heterocycles. The highest BCUT2D eigenvalue weighted by Gasteiger charge is 2.21. The van der Waals surface area contributed by atoms with Crippen LogP contribution in [0, 0.1) is 0 Å². The average molecular weight is 336 g/mol. The van der Waals surface area contributed by atoms with Gasteiger partial charge in [-0.25, -0.2) is 4.79 Å². The smallest absolute Gasteiger partial charge is 0.347 e. The van der Waals surface area contributed by atoms with Gasteiger partial charge in [0.1, 0.15) is 28.6 Å². The minimum atomic E-state index is -0.672. The molecule has 0 radical (unpaired) electrons. The quantitative estimate of drug-likeness (QED) is 0.778. The SMILES string of the molecule is CC.CCOC(=O)C(C)c1cc2cc(OC)cc(OC)c2c(=O)o1. The average Bonchev–Trinajstić information content (AvgIpc) is 2.61. The van der Waals surface area contributed by atoms with Gasteiger partial charge in [-0.15, -0.1) is 0 Å². The third-order valence-corrected chi connectivity index (χ3v) is 3.34. The van der Waals surface area contributed by atoms with Crippen molar-refractivity contribution in [3.63, 3.8) is 0 Å². The molecule has 0 saturated carbocycles. The van der Waals surface area contributed by atoms with Crippen LogP contribution in [0.4, 0.5) is 0 Å². The zero-order valence-corrected chi connectivity index (χ0v) is 15.0. The Balaban J connectivity index is 0.00000139. The summed E-state index contributed by atoms with van der Waals surface area (Å²) in [5.74, 6) is 0.0310. The van der Waals surface area contributed by atoms with Crippen molar-refractivity contribution < 1.29 is 23.4 Å². The minimum absolute atomic E-state index is 0.242. The monoisotopic (exact) mass is 336 g/mol.